The van der Waals surface area contributed by atoms with Gasteiger partial charge in [0.1, 0.15) is 11.5 Å². The van der Waals surface area contributed by atoms with Gasteiger partial charge in [-0.15, -0.1) is 12.8 Å². The van der Waals surface area contributed by atoms with Gasteiger partial charge in [0.25, 0.3) is 0 Å². The number of nitrogens with zero attached hydrogens (tertiary/aromatic N) is 2. The molecule has 0 aromatic heterocycles. The maximum absolute atomic E-state index is 9.19. The van der Waals surface area contributed by atoms with Crippen LogP contribution in [0.5, 0.6) is 11.5 Å². The molecular formula is C32H42N2O2. The Morgan fingerprint density at radius 1 is 0.861 bits per heavy atom. The number of fused-ring (bicyclic) bond motifs is 1. The van der Waals surface area contributed by atoms with Crippen LogP contribution in [0, 0.1) is 12.8 Å². The van der Waals surface area contributed by atoms with Gasteiger partial charge in [0, 0.05) is 31.4 Å². The highest BCUT2D eigenvalue weighted by Crippen LogP contribution is 2.24. The van der Waals surface area contributed by atoms with Crippen molar-refractivity contribution in [1.82, 2.24) is 4.90 Å². The lowest BCUT2D eigenvalue weighted by Crippen LogP contribution is -2.22. The predicted octanol–water partition coefficient (Wildman–Crippen LogP) is 6.35. The van der Waals surface area contributed by atoms with E-state index in [9.17, 15) is 5.11 Å². The monoisotopic (exact) mass is 486 g/mol. The van der Waals surface area contributed by atoms with E-state index in [2.05, 4.69) is 80.1 Å². The van der Waals surface area contributed by atoms with Crippen molar-refractivity contribution in [3.05, 3.63) is 89.0 Å². The van der Waals surface area contributed by atoms with Crippen LogP contribution < -0.4 is 9.64 Å². The lowest BCUT2D eigenvalue weighted by molar-refractivity contribution is 0.413. The first kappa shape index (κ1) is 28.8. The first-order valence-corrected chi connectivity index (χ1v) is 12.7. The molecule has 36 heavy (non-hydrogen) atoms. The van der Waals surface area contributed by atoms with Crippen molar-refractivity contribution in [2.45, 2.75) is 45.6 Å². The van der Waals surface area contributed by atoms with E-state index in [1.54, 1.807) is 13.2 Å². The lowest BCUT2D eigenvalue weighted by atomic mass is 9.92. The molecule has 0 atom stereocenters. The number of phenols is 1. The quantitative estimate of drug-likeness (QED) is 0.377. The summed E-state index contributed by atoms with van der Waals surface area (Å²) in [6.07, 6.45) is 14.0. The van der Waals surface area contributed by atoms with Crippen LogP contribution in [0.25, 0.3) is 0 Å². The fourth-order valence-corrected chi connectivity index (χ4v) is 4.30. The summed E-state index contributed by atoms with van der Waals surface area (Å²) in [6, 6.07) is 23.0. The zero-order chi connectivity index (χ0) is 26.3. The standard InChI is InChI=1S/C20H28N2O.C10H12O.C2H2/c1-5-22(19-7-6-8-20(15-19)23-4)16-18-11-9-17(10-12-18)13-14-21(2)3;11-10-6-5-8-3-1-2-4-9(8)7-10;1-2/h6-12,15H,5,13-14,16H2,1-4H3;5-7,11H,1-4H2;1-2H. The average molecular weight is 487 g/mol. The van der Waals surface area contributed by atoms with Crippen LogP contribution in [0.2, 0.25) is 0 Å². The molecule has 192 valence electrons. The van der Waals surface area contributed by atoms with Gasteiger partial charge in [-0.2, -0.15) is 0 Å². The number of phenolic OH excluding ortho intramolecular Hbond substituents is 1. The van der Waals surface area contributed by atoms with Crippen molar-refractivity contribution in [1.29, 1.82) is 0 Å². The number of aromatic hydroxyl groups is 1. The second-order valence-electron chi connectivity index (χ2n) is 9.25. The van der Waals surface area contributed by atoms with Gasteiger partial charge in [0.05, 0.1) is 7.11 Å². The van der Waals surface area contributed by atoms with Gasteiger partial charge in [-0.3, -0.25) is 0 Å². The van der Waals surface area contributed by atoms with Crippen LogP contribution in [0.3, 0.4) is 0 Å². The number of anilines is 1. The Hall–Kier alpha value is -3.42. The fourth-order valence-electron chi connectivity index (χ4n) is 4.30. The Labute approximate surface area is 218 Å². The van der Waals surface area contributed by atoms with Crippen molar-refractivity contribution in [3.8, 4) is 24.3 Å². The minimum Gasteiger partial charge on any atom is -0.508 e. The van der Waals surface area contributed by atoms with Crippen molar-refractivity contribution >= 4 is 5.69 Å². The van der Waals surface area contributed by atoms with E-state index in [0.29, 0.717) is 5.75 Å². The Kier molecular flexibility index (Phi) is 12.4. The average Bonchev–Trinajstić information content (AvgIpc) is 2.92. The fraction of sp³-hybridized carbons (Fsp3) is 0.375. The molecule has 0 saturated heterocycles. The number of aryl methyl sites for hydroxylation is 2. The SMILES string of the molecule is C#C.CCN(Cc1ccc(CCN(C)C)cc1)c1cccc(OC)c1.Oc1ccc2c(c1)CCCC2. The number of hydrogen-bond acceptors (Lipinski definition) is 4. The van der Waals surface area contributed by atoms with Gasteiger partial charge in [-0.1, -0.05) is 36.4 Å². The van der Waals surface area contributed by atoms with Crippen molar-refractivity contribution in [3.63, 3.8) is 0 Å². The molecule has 0 unspecified atom stereocenters. The van der Waals surface area contributed by atoms with Crippen LogP contribution in [-0.2, 0) is 25.8 Å². The molecule has 3 aromatic carbocycles. The van der Waals surface area contributed by atoms with Gasteiger partial charge in [-0.25, -0.2) is 0 Å². The van der Waals surface area contributed by atoms with Crippen LogP contribution in [0.15, 0.2) is 66.7 Å². The number of benzene rings is 3. The molecule has 0 heterocycles. The van der Waals surface area contributed by atoms with Gasteiger partial charge in [-0.05, 0) is 99.6 Å². The molecule has 1 N–H and O–H groups in total. The molecule has 0 radical (unpaired) electrons. The molecule has 0 bridgehead atoms. The predicted molar refractivity (Wildman–Crippen MR) is 153 cm³/mol. The summed E-state index contributed by atoms with van der Waals surface area (Å²) in [7, 11) is 5.94. The zero-order valence-corrected chi connectivity index (χ0v) is 22.4. The van der Waals surface area contributed by atoms with Gasteiger partial charge < -0.3 is 19.6 Å². The third-order valence-corrected chi connectivity index (χ3v) is 6.38. The number of likely N-dealkylation sites (N-methyl/N-ethyl adjacent to an activating group) is 1. The van der Waals surface area contributed by atoms with E-state index < -0.39 is 0 Å². The lowest BCUT2D eigenvalue weighted by Gasteiger charge is -2.24. The van der Waals surface area contributed by atoms with Gasteiger partial charge >= 0.3 is 0 Å². The number of terminal acetylenes is 1. The Bertz CT molecular complexity index is 1060. The summed E-state index contributed by atoms with van der Waals surface area (Å²) in [5.74, 6) is 1.31. The summed E-state index contributed by atoms with van der Waals surface area (Å²) >= 11 is 0. The Morgan fingerprint density at radius 3 is 2.17 bits per heavy atom. The summed E-state index contributed by atoms with van der Waals surface area (Å²) in [5.41, 5.74) is 6.70. The first-order chi connectivity index (χ1) is 17.5. The number of hydrogen-bond donors (Lipinski definition) is 1. The van der Waals surface area contributed by atoms with Crippen LogP contribution in [-0.4, -0.2) is 44.3 Å². The zero-order valence-electron chi connectivity index (χ0n) is 22.4. The van der Waals surface area contributed by atoms with E-state index in [1.807, 2.05) is 24.3 Å². The summed E-state index contributed by atoms with van der Waals surface area (Å²) in [5, 5.41) is 9.19. The second kappa shape index (κ2) is 15.5. The maximum Gasteiger partial charge on any atom is 0.120 e. The molecule has 0 spiro atoms. The van der Waals surface area contributed by atoms with E-state index in [4.69, 9.17) is 4.74 Å². The Morgan fingerprint density at radius 2 is 1.53 bits per heavy atom. The molecule has 4 rings (SSSR count). The van der Waals surface area contributed by atoms with Gasteiger partial charge in [0.2, 0.25) is 0 Å². The molecule has 0 saturated carbocycles. The number of methoxy groups -OCH3 is 1. The van der Waals surface area contributed by atoms with E-state index >= 15 is 0 Å². The highest BCUT2D eigenvalue weighted by atomic mass is 16.5. The van der Waals surface area contributed by atoms with E-state index in [-0.39, 0.29) is 0 Å². The molecule has 0 amide bonds. The third kappa shape index (κ3) is 9.32. The Balaban J connectivity index is 0.000000291. The van der Waals surface area contributed by atoms with E-state index in [1.165, 1.54) is 47.2 Å². The van der Waals surface area contributed by atoms with Crippen molar-refractivity contribution in [2.24, 2.45) is 0 Å². The molecule has 0 fully saturated rings. The second-order valence-corrected chi connectivity index (χ2v) is 9.25. The molecule has 1 aliphatic rings. The normalized spacial score (nSPS) is 11.9. The number of rotatable bonds is 8. The van der Waals surface area contributed by atoms with E-state index in [0.717, 1.165) is 38.2 Å². The summed E-state index contributed by atoms with van der Waals surface area (Å²) < 4.78 is 5.33. The summed E-state index contributed by atoms with van der Waals surface area (Å²) in [4.78, 5) is 4.58. The number of ether oxygens (including phenoxy) is 1. The highest BCUT2D eigenvalue weighted by molar-refractivity contribution is 5.51. The molecule has 0 aliphatic heterocycles. The minimum atomic E-state index is 0.408. The van der Waals surface area contributed by atoms with Crippen LogP contribution >= 0.6 is 0 Å². The third-order valence-electron chi connectivity index (χ3n) is 6.38. The maximum atomic E-state index is 9.19. The molecule has 1 aliphatic carbocycles. The smallest absolute Gasteiger partial charge is 0.120 e. The highest BCUT2D eigenvalue weighted by Gasteiger charge is 2.09. The van der Waals surface area contributed by atoms with Crippen molar-refractivity contribution < 1.29 is 9.84 Å². The molecule has 4 heteroatoms. The molecular weight excluding hydrogens is 444 g/mol. The van der Waals surface area contributed by atoms with Crippen LogP contribution in [0.1, 0.15) is 42.0 Å². The van der Waals surface area contributed by atoms with Gasteiger partial charge in [0.15, 0.2) is 0 Å². The minimum absolute atomic E-state index is 0.408. The van der Waals surface area contributed by atoms with Crippen LogP contribution in [0.4, 0.5) is 5.69 Å². The summed E-state index contributed by atoms with van der Waals surface area (Å²) in [6.45, 7) is 5.16. The topological polar surface area (TPSA) is 35.9 Å². The molecule has 3 aromatic rings. The first-order valence-electron chi connectivity index (χ1n) is 12.7. The largest absolute Gasteiger partial charge is 0.508 e. The molecule has 4 nitrogen and oxygen atoms in total. The van der Waals surface area contributed by atoms with Crippen molar-refractivity contribution in [2.75, 3.05) is 39.2 Å².